The van der Waals surface area contributed by atoms with E-state index in [2.05, 4.69) is 5.09 Å². The monoisotopic (exact) mass is 447 g/mol. The van der Waals surface area contributed by atoms with E-state index in [0.29, 0.717) is 13.2 Å². The van der Waals surface area contributed by atoms with Crippen LogP contribution in [0.3, 0.4) is 0 Å². The van der Waals surface area contributed by atoms with Gasteiger partial charge < -0.3 is 28.0 Å². The third-order valence-electron chi connectivity index (χ3n) is 4.68. The molecule has 1 N–H and O–H groups in total. The maximum Gasteiger partial charge on any atom is 0.261 e. The quantitative estimate of drug-likeness (QED) is 0.337. The summed E-state index contributed by atoms with van der Waals surface area (Å²) in [7, 11) is 4.93. The van der Waals surface area contributed by atoms with Gasteiger partial charge in [0.2, 0.25) is 0 Å². The number of nitrogens with one attached hydrogen (secondary N) is 1. The molecule has 29 heavy (non-hydrogen) atoms. The van der Waals surface area contributed by atoms with Gasteiger partial charge >= 0.3 is 0 Å². The van der Waals surface area contributed by atoms with Crippen LogP contribution < -0.4 is 9.82 Å². The van der Waals surface area contributed by atoms with Crippen molar-refractivity contribution in [2.75, 3.05) is 41.1 Å². The van der Waals surface area contributed by atoms with Crippen molar-refractivity contribution in [3.05, 3.63) is 29.8 Å². The maximum atomic E-state index is 6.02. The summed E-state index contributed by atoms with van der Waals surface area (Å²) in [6, 6.07) is 7.78. The Hall–Kier alpha value is -0.570. The van der Waals surface area contributed by atoms with E-state index in [9.17, 15) is 0 Å². The van der Waals surface area contributed by atoms with E-state index in [0.717, 1.165) is 43.5 Å². The highest BCUT2D eigenvalue weighted by molar-refractivity contribution is 8.08. The van der Waals surface area contributed by atoms with Crippen LogP contribution in [0.2, 0.25) is 0 Å². The van der Waals surface area contributed by atoms with Crippen molar-refractivity contribution in [1.29, 1.82) is 0 Å². The van der Waals surface area contributed by atoms with Gasteiger partial charge in [-0.2, -0.15) is 0 Å². The first kappa shape index (κ1) is 24.7. The van der Waals surface area contributed by atoms with Crippen molar-refractivity contribution >= 4 is 18.4 Å². The summed E-state index contributed by atoms with van der Waals surface area (Å²) in [5, 5.41) is 3.28. The number of rotatable bonds is 14. The molecule has 1 aromatic carbocycles. The molecule has 2 rings (SSSR count). The Morgan fingerprint density at radius 1 is 1.21 bits per heavy atom. The highest BCUT2D eigenvalue weighted by atomic mass is 32.5. The Morgan fingerprint density at radius 3 is 2.62 bits per heavy atom. The molecule has 0 aliphatic carbocycles. The van der Waals surface area contributed by atoms with Crippen LogP contribution in [0.1, 0.15) is 44.5 Å². The van der Waals surface area contributed by atoms with Gasteiger partial charge in [0.1, 0.15) is 5.75 Å². The normalized spacial score (nSPS) is 22.3. The van der Waals surface area contributed by atoms with E-state index < -0.39 is 6.64 Å². The average molecular weight is 448 g/mol. The fraction of sp³-hybridized carbons (Fsp3) is 0.700. The zero-order valence-corrected chi connectivity index (χ0v) is 19.5. The first-order valence-corrected chi connectivity index (χ1v) is 12.6. The molecule has 1 fully saturated rings. The molecule has 4 unspecified atom stereocenters. The average Bonchev–Trinajstić information content (AvgIpc) is 3.21. The summed E-state index contributed by atoms with van der Waals surface area (Å²) in [6.07, 6.45) is 3.50. The molecule has 0 aromatic heterocycles. The van der Waals surface area contributed by atoms with Crippen LogP contribution in [0.5, 0.6) is 5.75 Å². The lowest BCUT2D eigenvalue weighted by molar-refractivity contribution is -0.0613. The fourth-order valence-electron chi connectivity index (χ4n) is 2.97. The predicted octanol–water partition coefficient (Wildman–Crippen LogP) is 4.18. The molecule has 7 nitrogen and oxygen atoms in total. The van der Waals surface area contributed by atoms with E-state index in [-0.39, 0.29) is 18.5 Å². The standard InChI is InChI=1S/C20H34NO6PS/c1-16(12-14-22-2)27-28(29,24-4)21-13-6-5-7-19-15-25-20(26-19)17-8-10-18(23-3)11-9-17/h8-11,16,19-20H,5-7,12-15H2,1-4H3,(H,21,29). The van der Waals surface area contributed by atoms with Gasteiger partial charge in [-0.1, -0.05) is 12.1 Å². The molecule has 9 heteroatoms. The summed E-state index contributed by atoms with van der Waals surface area (Å²) in [5.74, 6) is 0.824. The van der Waals surface area contributed by atoms with Crippen LogP contribution in [-0.4, -0.2) is 53.3 Å². The second-order valence-corrected chi connectivity index (χ2v) is 10.3. The van der Waals surface area contributed by atoms with Gasteiger partial charge in [0.05, 0.1) is 25.9 Å². The topological polar surface area (TPSA) is 67.4 Å². The summed E-state index contributed by atoms with van der Waals surface area (Å²) >= 11 is 5.54. The highest BCUT2D eigenvalue weighted by Gasteiger charge is 2.27. The first-order valence-electron chi connectivity index (χ1n) is 9.99. The van der Waals surface area contributed by atoms with Crippen molar-refractivity contribution in [1.82, 2.24) is 5.09 Å². The molecule has 166 valence electrons. The molecular formula is C20H34NO6PS. The Bertz CT molecular complexity index is 632. The number of hydrogen-bond donors (Lipinski definition) is 1. The van der Waals surface area contributed by atoms with E-state index >= 15 is 0 Å². The summed E-state index contributed by atoms with van der Waals surface area (Å²) in [6.45, 7) is 1.53. The first-order chi connectivity index (χ1) is 14.0. The van der Waals surface area contributed by atoms with Gasteiger partial charge in [0.25, 0.3) is 6.64 Å². The van der Waals surface area contributed by atoms with Crippen LogP contribution in [0, 0.1) is 0 Å². The molecule has 4 atom stereocenters. The van der Waals surface area contributed by atoms with Gasteiger partial charge in [-0.05, 0) is 56.5 Å². The molecule has 0 saturated carbocycles. The Morgan fingerprint density at radius 2 is 1.97 bits per heavy atom. The fourth-order valence-corrected chi connectivity index (χ4v) is 4.98. The van der Waals surface area contributed by atoms with Gasteiger partial charge in [-0.3, -0.25) is 0 Å². The second-order valence-electron chi connectivity index (χ2n) is 6.98. The van der Waals surface area contributed by atoms with Gasteiger partial charge in [0, 0.05) is 32.9 Å². The van der Waals surface area contributed by atoms with Crippen LogP contribution in [-0.2, 0) is 35.1 Å². The van der Waals surface area contributed by atoms with Crippen molar-refractivity contribution in [2.24, 2.45) is 0 Å². The van der Waals surface area contributed by atoms with Crippen molar-refractivity contribution in [3.63, 3.8) is 0 Å². The minimum Gasteiger partial charge on any atom is -0.497 e. The molecule has 1 heterocycles. The van der Waals surface area contributed by atoms with E-state index in [4.69, 9.17) is 39.8 Å². The minimum atomic E-state index is -2.46. The number of ether oxygens (including phenoxy) is 4. The molecule has 1 aliphatic rings. The lowest BCUT2D eigenvalue weighted by Gasteiger charge is -2.25. The number of methoxy groups -OCH3 is 2. The molecular weight excluding hydrogens is 413 g/mol. The second kappa shape index (κ2) is 13.0. The predicted molar refractivity (Wildman–Crippen MR) is 117 cm³/mol. The molecule has 0 bridgehead atoms. The van der Waals surface area contributed by atoms with Crippen molar-refractivity contribution in [2.45, 2.75) is 51.1 Å². The lowest BCUT2D eigenvalue weighted by atomic mass is 10.1. The van der Waals surface area contributed by atoms with Gasteiger partial charge in [-0.15, -0.1) is 0 Å². The highest BCUT2D eigenvalue weighted by Crippen LogP contribution is 2.44. The molecule has 0 amide bonds. The van der Waals surface area contributed by atoms with E-state index in [1.807, 2.05) is 31.2 Å². The molecule has 0 radical (unpaired) electrons. The van der Waals surface area contributed by atoms with E-state index in [1.54, 1.807) is 21.3 Å². The number of hydrogen-bond acceptors (Lipinski definition) is 7. The van der Waals surface area contributed by atoms with Gasteiger partial charge in [0.15, 0.2) is 6.29 Å². The zero-order valence-electron chi connectivity index (χ0n) is 17.8. The molecule has 1 aliphatic heterocycles. The largest absolute Gasteiger partial charge is 0.497 e. The summed E-state index contributed by atoms with van der Waals surface area (Å²) in [5.41, 5.74) is 1.01. The Kier molecular flexibility index (Phi) is 11.0. The smallest absolute Gasteiger partial charge is 0.261 e. The number of benzene rings is 1. The lowest BCUT2D eigenvalue weighted by Crippen LogP contribution is -2.20. The van der Waals surface area contributed by atoms with Gasteiger partial charge in [-0.25, -0.2) is 5.09 Å². The van der Waals surface area contributed by atoms with Crippen LogP contribution >= 0.6 is 6.64 Å². The molecule has 1 aromatic rings. The van der Waals surface area contributed by atoms with E-state index in [1.165, 1.54) is 0 Å². The van der Waals surface area contributed by atoms with Crippen molar-refractivity contribution in [3.8, 4) is 5.75 Å². The van der Waals surface area contributed by atoms with Crippen LogP contribution in [0.4, 0.5) is 0 Å². The maximum absolute atomic E-state index is 6.02. The third kappa shape index (κ3) is 8.59. The summed E-state index contributed by atoms with van der Waals surface area (Å²) < 4.78 is 33.4. The number of unbranched alkanes of at least 4 members (excludes halogenated alkanes) is 1. The third-order valence-corrected chi connectivity index (χ3v) is 7.51. The zero-order chi connectivity index (χ0) is 21.1. The summed E-state index contributed by atoms with van der Waals surface area (Å²) in [4.78, 5) is 0. The van der Waals surface area contributed by atoms with Crippen LogP contribution in [0.15, 0.2) is 24.3 Å². The van der Waals surface area contributed by atoms with Crippen LogP contribution in [0.25, 0.3) is 0 Å². The SMILES string of the molecule is COCCC(C)OP(=S)(NCCCCC1COC(c2ccc(OC)cc2)O1)OC. The molecule has 0 spiro atoms. The Labute approximate surface area is 179 Å². The molecule has 1 saturated heterocycles. The minimum absolute atomic E-state index is 0.00726. The Balaban J connectivity index is 1.64. The van der Waals surface area contributed by atoms with Crippen molar-refractivity contribution < 1.29 is 28.0 Å².